The Morgan fingerprint density at radius 2 is 2.00 bits per heavy atom. The SMILES string of the molecule is CC(NC(=O)NCc1cccc(-c2ncc[nH]2)c1)C(=O)Nc1ccc(-n2cncn2)cc1. The molecule has 0 saturated heterocycles. The highest BCUT2D eigenvalue weighted by atomic mass is 16.2. The van der Waals surface area contributed by atoms with Crippen LogP contribution in [0.2, 0.25) is 0 Å². The van der Waals surface area contributed by atoms with Crippen LogP contribution in [0.5, 0.6) is 0 Å². The van der Waals surface area contributed by atoms with Crippen molar-refractivity contribution in [3.63, 3.8) is 0 Å². The van der Waals surface area contributed by atoms with Gasteiger partial charge in [-0.2, -0.15) is 5.10 Å². The summed E-state index contributed by atoms with van der Waals surface area (Å²) in [5.41, 5.74) is 3.28. The minimum Gasteiger partial charge on any atom is -0.345 e. The second-order valence-corrected chi connectivity index (χ2v) is 7.06. The van der Waals surface area contributed by atoms with Gasteiger partial charge in [0, 0.05) is 30.2 Å². The molecule has 0 saturated carbocycles. The smallest absolute Gasteiger partial charge is 0.315 e. The topological polar surface area (TPSA) is 130 Å². The van der Waals surface area contributed by atoms with Crippen molar-refractivity contribution in [3.05, 3.63) is 79.1 Å². The molecule has 4 rings (SSSR count). The molecule has 162 valence electrons. The molecule has 2 aromatic heterocycles. The summed E-state index contributed by atoms with van der Waals surface area (Å²) in [6.07, 6.45) is 6.48. The van der Waals surface area contributed by atoms with Crippen LogP contribution in [0.25, 0.3) is 17.1 Å². The summed E-state index contributed by atoms with van der Waals surface area (Å²) in [6, 6.07) is 13.7. The molecule has 1 unspecified atom stereocenters. The Kier molecular flexibility index (Phi) is 6.21. The molecule has 32 heavy (non-hydrogen) atoms. The van der Waals surface area contributed by atoms with Crippen molar-refractivity contribution in [2.45, 2.75) is 19.5 Å². The number of rotatable bonds is 7. The highest BCUT2D eigenvalue weighted by Gasteiger charge is 2.15. The quantitative estimate of drug-likeness (QED) is 0.358. The standard InChI is InChI=1S/C22H22N8O2/c1-15(21(31)29-18-5-7-19(8-6-18)30-14-23-13-27-30)28-22(32)26-12-16-3-2-4-17(11-16)20-24-9-10-25-20/h2-11,13-15H,12H2,1H3,(H,24,25)(H,29,31)(H2,26,28,32). The van der Waals surface area contributed by atoms with E-state index < -0.39 is 12.1 Å². The number of nitrogens with one attached hydrogen (secondary N) is 4. The van der Waals surface area contributed by atoms with E-state index >= 15 is 0 Å². The fraction of sp³-hybridized carbons (Fsp3) is 0.136. The van der Waals surface area contributed by atoms with Gasteiger partial charge in [0.05, 0.1) is 5.69 Å². The molecule has 0 radical (unpaired) electrons. The van der Waals surface area contributed by atoms with Gasteiger partial charge in [-0.1, -0.05) is 18.2 Å². The first-order valence-electron chi connectivity index (χ1n) is 9.97. The molecule has 0 aliphatic heterocycles. The van der Waals surface area contributed by atoms with E-state index in [0.29, 0.717) is 12.2 Å². The molecule has 0 spiro atoms. The van der Waals surface area contributed by atoms with Crippen LogP contribution in [0.15, 0.2) is 73.6 Å². The lowest BCUT2D eigenvalue weighted by atomic mass is 10.1. The first-order chi connectivity index (χ1) is 15.6. The van der Waals surface area contributed by atoms with Crippen LogP contribution in [0.4, 0.5) is 10.5 Å². The van der Waals surface area contributed by atoms with Crippen molar-refractivity contribution >= 4 is 17.6 Å². The normalized spacial score (nSPS) is 11.5. The number of amides is 3. The Hall–Kier alpha value is -4.47. The monoisotopic (exact) mass is 430 g/mol. The minimum atomic E-state index is -0.723. The number of imidazole rings is 1. The van der Waals surface area contributed by atoms with Gasteiger partial charge in [0.25, 0.3) is 0 Å². The van der Waals surface area contributed by atoms with E-state index in [0.717, 1.165) is 22.6 Å². The molecule has 10 nitrogen and oxygen atoms in total. The Balaban J connectivity index is 1.26. The van der Waals surface area contributed by atoms with E-state index in [2.05, 4.69) is 36.0 Å². The Labute approximate surface area is 184 Å². The second-order valence-electron chi connectivity index (χ2n) is 7.06. The Morgan fingerprint density at radius 1 is 1.16 bits per heavy atom. The molecule has 0 aliphatic carbocycles. The van der Waals surface area contributed by atoms with Crippen LogP contribution >= 0.6 is 0 Å². The molecule has 1 atom stereocenters. The predicted octanol–water partition coefficient (Wildman–Crippen LogP) is 2.48. The summed E-state index contributed by atoms with van der Waals surface area (Å²) in [5, 5.41) is 12.2. The lowest BCUT2D eigenvalue weighted by Crippen LogP contribution is -2.46. The van der Waals surface area contributed by atoms with Gasteiger partial charge in [-0.05, 0) is 42.8 Å². The first kappa shape index (κ1) is 20.8. The number of hydrogen-bond acceptors (Lipinski definition) is 5. The number of H-pyrrole nitrogens is 1. The maximum absolute atomic E-state index is 12.4. The van der Waals surface area contributed by atoms with E-state index in [1.165, 1.54) is 6.33 Å². The van der Waals surface area contributed by atoms with Gasteiger partial charge in [0.2, 0.25) is 5.91 Å². The molecule has 2 aromatic carbocycles. The van der Waals surface area contributed by atoms with Gasteiger partial charge in [-0.3, -0.25) is 4.79 Å². The summed E-state index contributed by atoms with van der Waals surface area (Å²) in [7, 11) is 0. The van der Waals surface area contributed by atoms with Crippen LogP contribution in [-0.4, -0.2) is 42.7 Å². The van der Waals surface area contributed by atoms with E-state index in [1.54, 1.807) is 42.5 Å². The van der Waals surface area contributed by atoms with Crippen LogP contribution in [0.3, 0.4) is 0 Å². The summed E-state index contributed by atoms with van der Waals surface area (Å²) in [6.45, 7) is 1.94. The van der Waals surface area contributed by atoms with Crippen molar-refractivity contribution in [3.8, 4) is 17.1 Å². The van der Waals surface area contributed by atoms with Gasteiger partial charge in [-0.15, -0.1) is 0 Å². The van der Waals surface area contributed by atoms with E-state index in [1.807, 2.05) is 36.4 Å². The molecule has 0 fully saturated rings. The van der Waals surface area contributed by atoms with E-state index in [-0.39, 0.29) is 5.91 Å². The zero-order valence-corrected chi connectivity index (χ0v) is 17.3. The van der Waals surface area contributed by atoms with Crippen LogP contribution < -0.4 is 16.0 Å². The number of aromatic amines is 1. The van der Waals surface area contributed by atoms with Gasteiger partial charge in [-0.25, -0.2) is 19.4 Å². The summed E-state index contributed by atoms with van der Waals surface area (Å²) in [5.74, 6) is 0.435. The molecule has 10 heteroatoms. The summed E-state index contributed by atoms with van der Waals surface area (Å²) >= 11 is 0. The zero-order valence-electron chi connectivity index (χ0n) is 17.3. The van der Waals surface area contributed by atoms with Crippen LogP contribution in [-0.2, 0) is 11.3 Å². The Morgan fingerprint density at radius 3 is 2.72 bits per heavy atom. The molecule has 0 bridgehead atoms. The number of carbonyl (C=O) groups is 2. The molecule has 4 aromatic rings. The molecule has 4 N–H and O–H groups in total. The van der Waals surface area contributed by atoms with Crippen molar-refractivity contribution in [1.29, 1.82) is 0 Å². The number of anilines is 1. The zero-order chi connectivity index (χ0) is 22.3. The van der Waals surface area contributed by atoms with Crippen LogP contribution in [0.1, 0.15) is 12.5 Å². The number of urea groups is 1. The average molecular weight is 430 g/mol. The van der Waals surface area contributed by atoms with Crippen molar-refractivity contribution in [2.24, 2.45) is 0 Å². The lowest BCUT2D eigenvalue weighted by molar-refractivity contribution is -0.117. The first-order valence-corrected chi connectivity index (χ1v) is 9.97. The lowest BCUT2D eigenvalue weighted by Gasteiger charge is -2.15. The molecule has 3 amide bonds. The van der Waals surface area contributed by atoms with Gasteiger partial charge < -0.3 is 20.9 Å². The summed E-state index contributed by atoms with van der Waals surface area (Å²) < 4.78 is 1.62. The Bertz CT molecular complexity index is 1170. The number of hydrogen-bond donors (Lipinski definition) is 4. The maximum Gasteiger partial charge on any atom is 0.315 e. The fourth-order valence-corrected chi connectivity index (χ4v) is 3.04. The summed E-state index contributed by atoms with van der Waals surface area (Å²) in [4.78, 5) is 35.8. The highest BCUT2D eigenvalue weighted by molar-refractivity contribution is 5.96. The number of aromatic nitrogens is 5. The van der Waals surface area contributed by atoms with Gasteiger partial charge in [0.1, 0.15) is 24.5 Å². The third-order valence-electron chi connectivity index (χ3n) is 4.71. The molecule has 0 aliphatic rings. The van der Waals surface area contributed by atoms with Crippen molar-refractivity contribution in [1.82, 2.24) is 35.4 Å². The van der Waals surface area contributed by atoms with Gasteiger partial charge >= 0.3 is 6.03 Å². The third-order valence-corrected chi connectivity index (χ3v) is 4.71. The number of carbonyl (C=O) groups excluding carboxylic acids is 2. The number of nitrogens with zero attached hydrogens (tertiary/aromatic N) is 4. The molecular formula is C22H22N8O2. The third kappa shape index (κ3) is 5.17. The predicted molar refractivity (Wildman–Crippen MR) is 119 cm³/mol. The minimum absolute atomic E-state index is 0.318. The van der Waals surface area contributed by atoms with Crippen molar-refractivity contribution in [2.75, 3.05) is 5.32 Å². The maximum atomic E-state index is 12.4. The van der Waals surface area contributed by atoms with E-state index in [4.69, 9.17) is 0 Å². The second kappa shape index (κ2) is 9.56. The van der Waals surface area contributed by atoms with Gasteiger partial charge in [0.15, 0.2) is 0 Å². The largest absolute Gasteiger partial charge is 0.345 e. The average Bonchev–Trinajstić information content (AvgIpc) is 3.53. The number of benzene rings is 2. The fourth-order valence-electron chi connectivity index (χ4n) is 3.04. The highest BCUT2D eigenvalue weighted by Crippen LogP contribution is 2.16. The molecular weight excluding hydrogens is 408 g/mol. The van der Waals surface area contributed by atoms with Crippen molar-refractivity contribution < 1.29 is 9.59 Å². The molecule has 2 heterocycles. The van der Waals surface area contributed by atoms with E-state index in [9.17, 15) is 9.59 Å². The van der Waals surface area contributed by atoms with Crippen LogP contribution in [0, 0.1) is 0 Å².